The molecule has 4 atom stereocenters. The number of nitrogens with one attached hydrogen (secondary N) is 1. The Morgan fingerprint density at radius 3 is 2.93 bits per heavy atom. The molecule has 1 spiro atoms. The smallest absolute Gasteiger partial charge is 0.274 e. The van der Waals surface area contributed by atoms with E-state index in [1.54, 1.807) is 6.07 Å². The number of amidine groups is 1. The Balaban J connectivity index is 1.51. The Labute approximate surface area is 185 Å². The van der Waals surface area contributed by atoms with Gasteiger partial charge in [0.25, 0.3) is 5.91 Å². The van der Waals surface area contributed by atoms with Gasteiger partial charge in [-0.25, -0.2) is 18.8 Å². The second-order valence-electron chi connectivity index (χ2n) is 7.67. The van der Waals surface area contributed by atoms with Gasteiger partial charge in [-0.15, -0.1) is 0 Å². The molecule has 5 nitrogen and oxygen atoms in total. The number of carbonyl (C=O) groups is 1. The number of rotatable bonds is 4. The molecule has 0 bridgehead atoms. The van der Waals surface area contributed by atoms with E-state index in [9.17, 15) is 13.6 Å². The molecular weight excluding hydrogens is 450 g/mol. The van der Waals surface area contributed by atoms with Crippen molar-refractivity contribution >= 4 is 51.9 Å². The van der Waals surface area contributed by atoms with Crippen molar-refractivity contribution in [3.05, 3.63) is 58.6 Å². The van der Waals surface area contributed by atoms with E-state index < -0.39 is 23.9 Å². The average Bonchev–Trinajstić information content (AvgIpc) is 3.18. The largest absolute Gasteiger partial charge is 0.378 e. The van der Waals surface area contributed by atoms with Gasteiger partial charge in [0.2, 0.25) is 0 Å². The molecule has 1 amide bonds. The number of pyridine rings is 1. The fourth-order valence-electron chi connectivity index (χ4n) is 4.71. The predicted molar refractivity (Wildman–Crippen MR) is 118 cm³/mol. The topological polar surface area (TPSA) is 80.4 Å². The SMILES string of the molecule is NC1=N[C@](CF)(c2cc(NC(=O)c3ccc(Cl)cn3)ccc2F)[C@@H]2C3CSC[C@]32S1. The minimum absolute atomic E-state index is 0.119. The highest BCUT2D eigenvalue weighted by molar-refractivity contribution is 8.16. The number of amides is 1. The monoisotopic (exact) mass is 466 g/mol. The van der Waals surface area contributed by atoms with Crippen LogP contribution in [0.5, 0.6) is 0 Å². The van der Waals surface area contributed by atoms with Crippen LogP contribution >= 0.6 is 35.1 Å². The summed E-state index contributed by atoms with van der Waals surface area (Å²) in [5, 5.41) is 3.39. The Kier molecular flexibility index (Phi) is 4.75. The van der Waals surface area contributed by atoms with Crippen LogP contribution in [0.1, 0.15) is 16.1 Å². The van der Waals surface area contributed by atoms with Crippen molar-refractivity contribution in [2.24, 2.45) is 22.6 Å². The van der Waals surface area contributed by atoms with Crippen LogP contribution in [0.2, 0.25) is 5.02 Å². The van der Waals surface area contributed by atoms with Crippen LogP contribution in [0, 0.1) is 17.7 Å². The summed E-state index contributed by atoms with van der Waals surface area (Å²) < 4.78 is 29.4. The number of aromatic nitrogens is 1. The number of thioether (sulfide) groups is 2. The molecule has 5 rings (SSSR count). The number of carbonyl (C=O) groups excluding carboxylic acids is 1. The number of hydrogen-bond acceptors (Lipinski definition) is 6. The zero-order valence-corrected chi connectivity index (χ0v) is 18.0. The molecule has 1 saturated heterocycles. The zero-order chi connectivity index (χ0) is 21.1. The van der Waals surface area contributed by atoms with E-state index in [-0.39, 0.29) is 33.0 Å². The molecule has 30 heavy (non-hydrogen) atoms. The van der Waals surface area contributed by atoms with E-state index >= 15 is 0 Å². The van der Waals surface area contributed by atoms with Crippen LogP contribution in [0.3, 0.4) is 0 Å². The number of nitrogens with zero attached hydrogens (tertiary/aromatic N) is 2. The number of benzene rings is 1. The van der Waals surface area contributed by atoms with Crippen LogP contribution < -0.4 is 11.1 Å². The lowest BCUT2D eigenvalue weighted by Gasteiger charge is -2.35. The van der Waals surface area contributed by atoms with Crippen molar-refractivity contribution in [3.8, 4) is 0 Å². The third-order valence-electron chi connectivity index (χ3n) is 6.05. The van der Waals surface area contributed by atoms with Gasteiger partial charge in [0.1, 0.15) is 23.7 Å². The summed E-state index contributed by atoms with van der Waals surface area (Å²) in [6.45, 7) is -0.852. The summed E-state index contributed by atoms with van der Waals surface area (Å²) in [4.78, 5) is 20.9. The van der Waals surface area contributed by atoms with Gasteiger partial charge in [0.15, 0.2) is 5.17 Å². The van der Waals surface area contributed by atoms with Gasteiger partial charge < -0.3 is 11.1 Å². The number of nitrogens with two attached hydrogens (primary N) is 1. The first-order valence-electron chi connectivity index (χ1n) is 9.30. The molecule has 1 aliphatic carbocycles. The molecule has 3 aliphatic rings. The van der Waals surface area contributed by atoms with Gasteiger partial charge in [-0.3, -0.25) is 4.79 Å². The first kappa shape index (κ1) is 20.1. The van der Waals surface area contributed by atoms with E-state index in [2.05, 4.69) is 15.3 Å². The Bertz CT molecular complexity index is 1070. The van der Waals surface area contributed by atoms with E-state index in [4.69, 9.17) is 17.3 Å². The number of anilines is 1. The molecular formula is C20H17ClF2N4OS2. The van der Waals surface area contributed by atoms with Crippen LogP contribution in [0.25, 0.3) is 0 Å². The van der Waals surface area contributed by atoms with Gasteiger partial charge in [-0.2, -0.15) is 11.8 Å². The third kappa shape index (κ3) is 2.93. The van der Waals surface area contributed by atoms with Crippen LogP contribution in [-0.4, -0.2) is 39.0 Å². The summed E-state index contributed by atoms with van der Waals surface area (Å²) in [5.74, 6) is 0.826. The van der Waals surface area contributed by atoms with Crippen molar-refractivity contribution in [1.29, 1.82) is 0 Å². The van der Waals surface area contributed by atoms with Gasteiger partial charge in [-0.1, -0.05) is 23.4 Å². The molecule has 3 heterocycles. The molecule has 10 heteroatoms. The van der Waals surface area contributed by atoms with Gasteiger partial charge >= 0.3 is 0 Å². The molecule has 1 aromatic carbocycles. The van der Waals surface area contributed by atoms with E-state index in [1.165, 1.54) is 42.2 Å². The van der Waals surface area contributed by atoms with Crippen molar-refractivity contribution in [2.75, 3.05) is 23.5 Å². The Morgan fingerprint density at radius 1 is 1.37 bits per heavy atom. The van der Waals surface area contributed by atoms with E-state index in [0.717, 1.165) is 11.5 Å². The highest BCUT2D eigenvalue weighted by Gasteiger charge is 2.77. The lowest BCUT2D eigenvalue weighted by molar-refractivity contribution is 0.102. The molecule has 2 aromatic rings. The summed E-state index contributed by atoms with van der Waals surface area (Å²) in [7, 11) is 0. The fourth-order valence-corrected chi connectivity index (χ4v) is 8.38. The minimum Gasteiger partial charge on any atom is -0.378 e. The normalized spacial score (nSPS) is 31.5. The highest BCUT2D eigenvalue weighted by atomic mass is 35.5. The van der Waals surface area contributed by atoms with Gasteiger partial charge in [-0.05, 0) is 42.0 Å². The first-order valence-corrected chi connectivity index (χ1v) is 11.7. The average molecular weight is 467 g/mol. The maximum Gasteiger partial charge on any atom is 0.274 e. The van der Waals surface area contributed by atoms with Crippen LogP contribution in [0.4, 0.5) is 14.5 Å². The zero-order valence-electron chi connectivity index (χ0n) is 15.6. The summed E-state index contributed by atoms with van der Waals surface area (Å²) >= 11 is 9.11. The lowest BCUT2D eigenvalue weighted by atomic mass is 9.84. The number of alkyl halides is 1. The van der Waals surface area contributed by atoms with E-state index in [1.807, 2.05) is 11.8 Å². The van der Waals surface area contributed by atoms with Crippen molar-refractivity contribution < 1.29 is 13.6 Å². The summed E-state index contributed by atoms with van der Waals surface area (Å²) in [5.41, 5.74) is 5.32. The van der Waals surface area contributed by atoms with Crippen LogP contribution in [-0.2, 0) is 5.54 Å². The summed E-state index contributed by atoms with van der Waals surface area (Å²) in [6, 6.07) is 7.16. The van der Waals surface area contributed by atoms with Crippen molar-refractivity contribution in [2.45, 2.75) is 10.3 Å². The standard InChI is InChI=1S/C20H17ClF2N4OS2/c21-10-1-4-15(25-6-10)17(28)26-11-2-3-14(23)12(5-11)19(8-22)16-13-7-29-9-20(13,16)30-18(24)27-19/h1-6,13,16H,7-9H2,(H2,24,27)(H,26,28)/t13?,16-,19+,20-/m0/s1. The maximum atomic E-state index is 15.0. The Hall–Kier alpha value is -1.84. The fraction of sp³-hybridized carbons (Fsp3) is 0.350. The maximum absolute atomic E-state index is 15.0. The van der Waals surface area contributed by atoms with Gasteiger partial charge in [0, 0.05) is 33.9 Å². The summed E-state index contributed by atoms with van der Waals surface area (Å²) in [6.07, 6.45) is 1.37. The van der Waals surface area contributed by atoms with Gasteiger partial charge in [0.05, 0.1) is 5.02 Å². The minimum atomic E-state index is -1.37. The van der Waals surface area contributed by atoms with E-state index in [0.29, 0.717) is 10.7 Å². The first-order chi connectivity index (χ1) is 14.4. The molecule has 156 valence electrons. The second kappa shape index (κ2) is 7.10. The molecule has 1 unspecified atom stereocenters. The second-order valence-corrected chi connectivity index (χ2v) is 10.5. The number of aliphatic imine (C=N–C) groups is 1. The molecule has 2 aliphatic heterocycles. The molecule has 1 saturated carbocycles. The lowest BCUT2D eigenvalue weighted by Crippen LogP contribution is -2.41. The predicted octanol–water partition coefficient (Wildman–Crippen LogP) is 4.08. The molecule has 1 aromatic heterocycles. The quantitative estimate of drug-likeness (QED) is 0.709. The Morgan fingerprint density at radius 2 is 2.20 bits per heavy atom. The number of fused-ring (bicyclic) bond motifs is 1. The number of hydrogen-bond donors (Lipinski definition) is 2. The third-order valence-corrected chi connectivity index (χ3v) is 9.11. The molecule has 0 radical (unpaired) electrons. The molecule has 3 N–H and O–H groups in total. The molecule has 2 fully saturated rings. The van der Waals surface area contributed by atoms with Crippen molar-refractivity contribution in [3.63, 3.8) is 0 Å². The van der Waals surface area contributed by atoms with Crippen LogP contribution in [0.15, 0.2) is 41.5 Å². The highest BCUT2D eigenvalue weighted by Crippen LogP contribution is 2.74. The van der Waals surface area contributed by atoms with Crippen molar-refractivity contribution in [1.82, 2.24) is 4.98 Å². The number of halogens is 3.